The average molecular weight is 367 g/mol. The van der Waals surface area contributed by atoms with Gasteiger partial charge < -0.3 is 4.90 Å². The number of rotatable bonds is 5. The van der Waals surface area contributed by atoms with E-state index < -0.39 is 14.9 Å². The number of sulfonamides is 1. The molecule has 0 spiro atoms. The van der Waals surface area contributed by atoms with Gasteiger partial charge in [-0.05, 0) is 43.5 Å². The molecule has 1 aromatic carbocycles. The average Bonchev–Trinajstić information content (AvgIpc) is 3.24. The zero-order valence-corrected chi connectivity index (χ0v) is 14.6. The quantitative estimate of drug-likeness (QED) is 0.648. The Morgan fingerprint density at radius 2 is 2.17 bits per heavy atom. The van der Waals surface area contributed by atoms with Crippen molar-refractivity contribution >= 4 is 32.7 Å². The molecule has 9 heteroatoms. The molecule has 128 valence electrons. The smallest absolute Gasteiger partial charge is 0.293 e. The fourth-order valence-electron chi connectivity index (χ4n) is 3.01. The van der Waals surface area contributed by atoms with Gasteiger partial charge in [0.25, 0.3) is 5.69 Å². The van der Waals surface area contributed by atoms with E-state index in [0.29, 0.717) is 12.2 Å². The van der Waals surface area contributed by atoms with Gasteiger partial charge in [-0.2, -0.15) is 0 Å². The summed E-state index contributed by atoms with van der Waals surface area (Å²) in [5.74, 6) is 0. The van der Waals surface area contributed by atoms with E-state index in [1.807, 2.05) is 22.4 Å². The van der Waals surface area contributed by atoms with Crippen LogP contribution in [0.4, 0.5) is 11.4 Å². The Morgan fingerprint density at radius 1 is 1.38 bits per heavy atom. The molecular weight excluding hydrogens is 350 g/mol. The van der Waals surface area contributed by atoms with Crippen molar-refractivity contribution in [3.63, 3.8) is 0 Å². The first-order valence-corrected chi connectivity index (χ1v) is 9.82. The number of nitrogens with one attached hydrogen (secondary N) is 1. The van der Waals surface area contributed by atoms with E-state index in [9.17, 15) is 18.5 Å². The minimum atomic E-state index is -3.72. The molecule has 3 rings (SSSR count). The molecule has 0 aliphatic carbocycles. The summed E-state index contributed by atoms with van der Waals surface area (Å²) in [4.78, 5) is 14.0. The van der Waals surface area contributed by atoms with Crippen LogP contribution in [0.3, 0.4) is 0 Å². The Balaban J connectivity index is 2.06. The molecule has 1 aliphatic heterocycles. The molecule has 24 heavy (non-hydrogen) atoms. The molecule has 7 nitrogen and oxygen atoms in total. The molecule has 0 radical (unpaired) electrons. The Kier molecular flexibility index (Phi) is 4.57. The first-order valence-electron chi connectivity index (χ1n) is 7.46. The molecule has 1 fully saturated rings. The zero-order chi connectivity index (χ0) is 17.3. The van der Waals surface area contributed by atoms with Gasteiger partial charge in [-0.15, -0.1) is 11.3 Å². The molecule has 1 unspecified atom stereocenters. The first-order chi connectivity index (χ1) is 11.4. The summed E-state index contributed by atoms with van der Waals surface area (Å²) in [5.41, 5.74) is 0.278. The van der Waals surface area contributed by atoms with Crippen molar-refractivity contribution in [3.8, 4) is 0 Å². The molecule has 0 bridgehead atoms. The predicted octanol–water partition coefficient (Wildman–Crippen LogP) is 2.91. The molecule has 2 heterocycles. The Morgan fingerprint density at radius 3 is 2.79 bits per heavy atom. The van der Waals surface area contributed by atoms with Crippen molar-refractivity contribution in [1.82, 2.24) is 4.72 Å². The normalized spacial score (nSPS) is 18.0. The van der Waals surface area contributed by atoms with Crippen molar-refractivity contribution in [2.45, 2.75) is 23.8 Å². The largest absolute Gasteiger partial charge is 0.358 e. The van der Waals surface area contributed by atoms with Crippen LogP contribution in [0.2, 0.25) is 0 Å². The Labute approximate surface area is 144 Å². The molecule has 1 saturated heterocycles. The van der Waals surface area contributed by atoms with E-state index >= 15 is 0 Å². The number of nitro groups is 1. The number of hydrogen-bond donors (Lipinski definition) is 1. The lowest BCUT2D eigenvalue weighted by atomic mass is 10.1. The van der Waals surface area contributed by atoms with Crippen molar-refractivity contribution in [3.05, 3.63) is 50.7 Å². The van der Waals surface area contributed by atoms with Crippen molar-refractivity contribution < 1.29 is 13.3 Å². The second kappa shape index (κ2) is 6.50. The van der Waals surface area contributed by atoms with Crippen LogP contribution in [0.15, 0.2) is 40.6 Å². The maximum atomic E-state index is 11.9. The molecule has 1 aliphatic rings. The van der Waals surface area contributed by atoms with E-state index in [0.717, 1.165) is 23.8 Å². The SMILES string of the molecule is CNS(=O)(=O)c1ccc(N2CCCC2c2cccs2)c([N+](=O)[O-])c1. The number of benzene rings is 1. The Bertz CT molecular complexity index is 850. The summed E-state index contributed by atoms with van der Waals surface area (Å²) in [6, 6.07) is 8.17. The number of thiophene rings is 1. The van der Waals surface area contributed by atoms with Gasteiger partial charge in [-0.25, -0.2) is 13.1 Å². The fourth-order valence-corrected chi connectivity index (χ4v) is 4.63. The van der Waals surface area contributed by atoms with Crippen LogP contribution >= 0.6 is 11.3 Å². The lowest BCUT2D eigenvalue weighted by Gasteiger charge is -2.26. The maximum Gasteiger partial charge on any atom is 0.293 e. The van der Waals surface area contributed by atoms with Gasteiger partial charge in [-0.1, -0.05) is 6.07 Å². The van der Waals surface area contributed by atoms with Crippen LogP contribution in [0.5, 0.6) is 0 Å². The van der Waals surface area contributed by atoms with Crippen LogP contribution in [0.1, 0.15) is 23.8 Å². The molecule has 1 atom stereocenters. The van der Waals surface area contributed by atoms with Crippen LogP contribution in [-0.2, 0) is 10.0 Å². The molecular formula is C15H17N3O4S2. The number of hydrogen-bond acceptors (Lipinski definition) is 6. The van der Waals surface area contributed by atoms with Crippen LogP contribution in [0.25, 0.3) is 0 Å². The third kappa shape index (κ3) is 3.02. The van der Waals surface area contributed by atoms with Crippen LogP contribution in [0, 0.1) is 10.1 Å². The number of nitrogens with zero attached hydrogens (tertiary/aromatic N) is 2. The highest BCUT2D eigenvalue weighted by Gasteiger charge is 2.32. The van der Waals surface area contributed by atoms with Gasteiger partial charge in [0, 0.05) is 17.5 Å². The van der Waals surface area contributed by atoms with E-state index in [1.165, 1.54) is 19.2 Å². The topological polar surface area (TPSA) is 92.6 Å². The predicted molar refractivity (Wildman–Crippen MR) is 93.0 cm³/mol. The van der Waals surface area contributed by atoms with Gasteiger partial charge in [0.05, 0.1) is 15.9 Å². The van der Waals surface area contributed by atoms with E-state index in [2.05, 4.69) is 4.72 Å². The molecule has 0 amide bonds. The molecule has 1 aromatic heterocycles. The van der Waals surface area contributed by atoms with E-state index in [-0.39, 0.29) is 16.6 Å². The molecule has 0 saturated carbocycles. The summed E-state index contributed by atoms with van der Waals surface area (Å²) in [7, 11) is -2.44. The minimum Gasteiger partial charge on any atom is -0.358 e. The van der Waals surface area contributed by atoms with Crippen molar-refractivity contribution in [1.29, 1.82) is 0 Å². The fraction of sp³-hybridized carbons (Fsp3) is 0.333. The third-order valence-electron chi connectivity index (χ3n) is 4.16. The highest BCUT2D eigenvalue weighted by molar-refractivity contribution is 7.89. The summed E-state index contributed by atoms with van der Waals surface area (Å²) >= 11 is 1.63. The second-order valence-corrected chi connectivity index (χ2v) is 8.35. The molecule has 1 N–H and O–H groups in total. The summed E-state index contributed by atoms with van der Waals surface area (Å²) in [6.07, 6.45) is 1.87. The van der Waals surface area contributed by atoms with Gasteiger partial charge in [0.15, 0.2) is 0 Å². The van der Waals surface area contributed by atoms with Gasteiger partial charge in [0.2, 0.25) is 10.0 Å². The zero-order valence-electron chi connectivity index (χ0n) is 13.0. The van der Waals surface area contributed by atoms with Crippen LogP contribution in [-0.4, -0.2) is 26.9 Å². The number of nitro benzene ring substituents is 1. The van der Waals surface area contributed by atoms with Crippen molar-refractivity contribution in [2.75, 3.05) is 18.5 Å². The van der Waals surface area contributed by atoms with E-state index in [1.54, 1.807) is 11.3 Å². The lowest BCUT2D eigenvalue weighted by molar-refractivity contribution is -0.384. The Hall–Kier alpha value is -1.97. The van der Waals surface area contributed by atoms with E-state index in [4.69, 9.17) is 0 Å². The summed E-state index contributed by atoms with van der Waals surface area (Å²) in [6.45, 7) is 0.710. The maximum absolute atomic E-state index is 11.9. The standard InChI is InChI=1S/C15H17N3O4S2/c1-16-24(21,22)11-6-7-12(14(10-11)18(19)20)17-8-2-4-13(17)15-5-3-9-23-15/h3,5-7,9-10,13,16H,2,4,8H2,1H3. The highest BCUT2D eigenvalue weighted by atomic mass is 32.2. The third-order valence-corrected chi connectivity index (χ3v) is 6.54. The van der Waals surface area contributed by atoms with Gasteiger partial charge in [0.1, 0.15) is 5.69 Å². The summed E-state index contributed by atoms with van der Waals surface area (Å²) in [5, 5.41) is 13.5. The summed E-state index contributed by atoms with van der Waals surface area (Å²) < 4.78 is 26.0. The lowest BCUT2D eigenvalue weighted by Crippen LogP contribution is -2.23. The first kappa shape index (κ1) is 16.9. The van der Waals surface area contributed by atoms with Crippen LogP contribution < -0.4 is 9.62 Å². The van der Waals surface area contributed by atoms with Crippen molar-refractivity contribution in [2.24, 2.45) is 0 Å². The number of anilines is 1. The second-order valence-electron chi connectivity index (χ2n) is 5.48. The molecule has 2 aromatic rings. The van der Waals surface area contributed by atoms with Gasteiger partial charge >= 0.3 is 0 Å². The minimum absolute atomic E-state index is 0.0930. The van der Waals surface area contributed by atoms with Gasteiger partial charge in [-0.3, -0.25) is 10.1 Å². The monoisotopic (exact) mass is 367 g/mol. The highest BCUT2D eigenvalue weighted by Crippen LogP contribution is 2.42.